The summed E-state index contributed by atoms with van der Waals surface area (Å²) in [6.07, 6.45) is 0.462. The molecule has 0 aliphatic heterocycles. The first-order valence-corrected chi connectivity index (χ1v) is 3.47. The Kier molecular flexibility index (Phi) is 2.40. The Balaban J connectivity index is 2.63. The molecule has 11 heavy (non-hydrogen) atoms. The van der Waals surface area contributed by atoms with Crippen LogP contribution >= 0.6 is 0 Å². The van der Waals surface area contributed by atoms with Crippen molar-refractivity contribution in [2.24, 2.45) is 0 Å². The van der Waals surface area contributed by atoms with Crippen LogP contribution in [0.4, 0.5) is 10.2 Å². The van der Waals surface area contributed by atoms with E-state index in [0.717, 1.165) is 5.69 Å². The van der Waals surface area contributed by atoms with Crippen LogP contribution in [0.5, 0.6) is 0 Å². The second-order valence-corrected chi connectivity index (χ2v) is 2.33. The van der Waals surface area contributed by atoms with Crippen molar-refractivity contribution in [3.05, 3.63) is 5.69 Å². The molecule has 2 N–H and O–H groups in total. The topological polar surface area (TPSA) is 56.7 Å². The van der Waals surface area contributed by atoms with Gasteiger partial charge in [0.05, 0.1) is 12.4 Å². The van der Waals surface area contributed by atoms with Crippen molar-refractivity contribution in [2.45, 2.75) is 19.9 Å². The number of nitrogens with zero attached hydrogens (tertiary/aromatic N) is 3. The maximum atomic E-state index is 11.7. The smallest absolute Gasteiger partial charge is 0.168 e. The molecule has 4 nitrogen and oxygen atoms in total. The van der Waals surface area contributed by atoms with Crippen LogP contribution in [0.25, 0.3) is 0 Å². The van der Waals surface area contributed by atoms with Crippen molar-refractivity contribution in [1.82, 2.24) is 15.0 Å². The molecule has 0 aliphatic rings. The molecule has 1 heterocycles. The molecule has 1 aromatic rings. The van der Waals surface area contributed by atoms with Gasteiger partial charge in [-0.15, -0.1) is 5.10 Å². The summed E-state index contributed by atoms with van der Waals surface area (Å²) in [7, 11) is 0. The number of aromatic nitrogens is 3. The fraction of sp³-hybridized carbons (Fsp3) is 0.667. The lowest BCUT2D eigenvalue weighted by molar-refractivity contribution is 0.428. The summed E-state index contributed by atoms with van der Waals surface area (Å²) in [5, 5.41) is 7.37. The molecule has 1 rings (SSSR count). The molecular formula is C6H11FN4. The van der Waals surface area contributed by atoms with Crippen LogP contribution in [0.15, 0.2) is 0 Å². The van der Waals surface area contributed by atoms with Crippen molar-refractivity contribution in [1.29, 1.82) is 0 Å². The van der Waals surface area contributed by atoms with Gasteiger partial charge in [0.25, 0.3) is 0 Å². The first-order valence-electron chi connectivity index (χ1n) is 3.47. The third-order valence-electron chi connectivity index (χ3n) is 1.52. The SMILES string of the molecule is Cc1c(N)nnn1CCCF. The van der Waals surface area contributed by atoms with Crippen LogP contribution in [0, 0.1) is 6.92 Å². The number of halogens is 1. The number of rotatable bonds is 3. The number of nitrogens with two attached hydrogens (primary N) is 1. The zero-order valence-corrected chi connectivity index (χ0v) is 6.42. The third-order valence-corrected chi connectivity index (χ3v) is 1.52. The summed E-state index contributed by atoms with van der Waals surface area (Å²) in [5.41, 5.74) is 6.23. The molecule has 1 aromatic heterocycles. The van der Waals surface area contributed by atoms with E-state index in [2.05, 4.69) is 10.3 Å². The van der Waals surface area contributed by atoms with E-state index in [1.165, 1.54) is 0 Å². The summed E-state index contributed by atoms with van der Waals surface area (Å²) < 4.78 is 13.3. The molecule has 62 valence electrons. The van der Waals surface area contributed by atoms with Gasteiger partial charge in [0.2, 0.25) is 0 Å². The van der Waals surface area contributed by atoms with Crippen molar-refractivity contribution in [3.8, 4) is 0 Å². The molecule has 0 radical (unpaired) electrons. The van der Waals surface area contributed by atoms with Crippen LogP contribution in [-0.4, -0.2) is 21.7 Å². The van der Waals surface area contributed by atoms with Crippen molar-refractivity contribution >= 4 is 5.82 Å². The summed E-state index contributed by atoms with van der Waals surface area (Å²) >= 11 is 0. The Morgan fingerprint density at radius 1 is 1.64 bits per heavy atom. The van der Waals surface area contributed by atoms with Gasteiger partial charge >= 0.3 is 0 Å². The first-order chi connectivity index (χ1) is 5.25. The monoisotopic (exact) mass is 158 g/mol. The highest BCUT2D eigenvalue weighted by atomic mass is 19.1. The van der Waals surface area contributed by atoms with E-state index in [9.17, 15) is 4.39 Å². The van der Waals surface area contributed by atoms with Gasteiger partial charge in [-0.1, -0.05) is 5.21 Å². The van der Waals surface area contributed by atoms with Gasteiger partial charge < -0.3 is 5.73 Å². The number of hydrogen-bond donors (Lipinski definition) is 1. The number of anilines is 1. The summed E-state index contributed by atoms with van der Waals surface area (Å²) in [6.45, 7) is 2.03. The lowest BCUT2D eigenvalue weighted by Gasteiger charge is -1.98. The molecule has 5 heteroatoms. The van der Waals surface area contributed by atoms with E-state index >= 15 is 0 Å². The molecule has 0 aliphatic carbocycles. The summed E-state index contributed by atoms with van der Waals surface area (Å²) in [5.74, 6) is 0.420. The fourth-order valence-electron chi connectivity index (χ4n) is 0.796. The fourth-order valence-corrected chi connectivity index (χ4v) is 0.796. The second-order valence-electron chi connectivity index (χ2n) is 2.33. The van der Waals surface area contributed by atoms with E-state index in [-0.39, 0.29) is 6.67 Å². The Labute approximate surface area is 64.2 Å². The first kappa shape index (κ1) is 7.97. The van der Waals surface area contributed by atoms with Gasteiger partial charge in [-0.2, -0.15) is 0 Å². The van der Waals surface area contributed by atoms with Crippen LogP contribution in [0.2, 0.25) is 0 Å². The maximum Gasteiger partial charge on any atom is 0.168 e. The summed E-state index contributed by atoms with van der Waals surface area (Å²) in [6, 6.07) is 0. The van der Waals surface area contributed by atoms with Crippen LogP contribution in [0.3, 0.4) is 0 Å². The number of alkyl halides is 1. The van der Waals surface area contributed by atoms with Gasteiger partial charge in [0, 0.05) is 6.54 Å². The van der Waals surface area contributed by atoms with Crippen LogP contribution < -0.4 is 5.73 Å². The van der Waals surface area contributed by atoms with E-state index in [1.54, 1.807) is 4.68 Å². The lowest BCUT2D eigenvalue weighted by atomic mass is 10.4. The molecule has 0 amide bonds. The zero-order valence-electron chi connectivity index (χ0n) is 6.42. The average Bonchev–Trinajstić information content (AvgIpc) is 2.31. The number of hydrogen-bond acceptors (Lipinski definition) is 3. The Morgan fingerprint density at radius 2 is 2.36 bits per heavy atom. The van der Waals surface area contributed by atoms with Gasteiger partial charge in [0.1, 0.15) is 0 Å². The van der Waals surface area contributed by atoms with Gasteiger partial charge in [-0.05, 0) is 13.3 Å². The third kappa shape index (κ3) is 1.66. The number of aryl methyl sites for hydroxylation is 1. The molecule has 0 bridgehead atoms. The normalized spacial score (nSPS) is 10.4. The highest BCUT2D eigenvalue weighted by molar-refractivity contribution is 5.30. The Hall–Kier alpha value is -1.13. The molecule has 0 saturated heterocycles. The quantitative estimate of drug-likeness (QED) is 0.698. The molecule has 0 unspecified atom stereocenters. The van der Waals surface area contributed by atoms with Gasteiger partial charge in [-0.3, -0.25) is 4.39 Å². The van der Waals surface area contributed by atoms with Crippen LogP contribution in [-0.2, 0) is 6.54 Å². The highest BCUT2D eigenvalue weighted by Gasteiger charge is 2.02. The van der Waals surface area contributed by atoms with E-state index in [4.69, 9.17) is 5.73 Å². The average molecular weight is 158 g/mol. The van der Waals surface area contributed by atoms with E-state index in [1.807, 2.05) is 6.92 Å². The second kappa shape index (κ2) is 3.32. The van der Waals surface area contributed by atoms with E-state index < -0.39 is 0 Å². The molecule has 0 spiro atoms. The largest absolute Gasteiger partial charge is 0.381 e. The zero-order chi connectivity index (χ0) is 8.27. The van der Waals surface area contributed by atoms with E-state index in [0.29, 0.717) is 18.8 Å². The van der Waals surface area contributed by atoms with Gasteiger partial charge in [0.15, 0.2) is 5.82 Å². The minimum absolute atomic E-state index is 0.334. The minimum Gasteiger partial charge on any atom is -0.381 e. The van der Waals surface area contributed by atoms with Gasteiger partial charge in [-0.25, -0.2) is 4.68 Å². The highest BCUT2D eigenvalue weighted by Crippen LogP contribution is 2.04. The molecule has 0 atom stereocenters. The Morgan fingerprint density at radius 3 is 2.82 bits per heavy atom. The predicted molar refractivity (Wildman–Crippen MR) is 39.8 cm³/mol. The lowest BCUT2D eigenvalue weighted by Crippen LogP contribution is -2.03. The molecule has 0 aromatic carbocycles. The molecular weight excluding hydrogens is 147 g/mol. The predicted octanol–water partition coefficient (Wildman–Crippen LogP) is 0.528. The number of nitrogen functional groups attached to an aromatic ring is 1. The summed E-state index contributed by atoms with van der Waals surface area (Å²) in [4.78, 5) is 0. The maximum absolute atomic E-state index is 11.7. The van der Waals surface area contributed by atoms with Crippen molar-refractivity contribution < 1.29 is 4.39 Å². The van der Waals surface area contributed by atoms with Crippen molar-refractivity contribution in [3.63, 3.8) is 0 Å². The Bertz CT molecular complexity index is 232. The molecule has 0 fully saturated rings. The van der Waals surface area contributed by atoms with Crippen molar-refractivity contribution in [2.75, 3.05) is 12.4 Å². The standard InChI is InChI=1S/C6H11FN4/c1-5-6(8)9-10-11(5)4-2-3-7/h2-4,8H2,1H3. The van der Waals surface area contributed by atoms with Crippen LogP contribution in [0.1, 0.15) is 12.1 Å². The molecule has 0 saturated carbocycles. The minimum atomic E-state index is -0.334.